The Hall–Kier alpha value is -5.31. The maximum Gasteiger partial charge on any atom is 0.311 e. The summed E-state index contributed by atoms with van der Waals surface area (Å²) in [5, 5.41) is 28.0. The number of nitro benzene ring substituents is 1. The molecule has 0 saturated carbocycles. The molecule has 0 fully saturated rings. The van der Waals surface area contributed by atoms with E-state index >= 15 is 0 Å². The SMILES string of the molecule is COc1ccc(-c2nnc(Nc3ccc(C(=O)Nc4ccccc4C)cc3)c3ccccc23)cc1[N+](=O)[O-]. The summed E-state index contributed by atoms with van der Waals surface area (Å²) in [4.78, 5) is 23.7. The van der Waals surface area contributed by atoms with Crippen molar-refractivity contribution in [3.8, 4) is 17.0 Å². The highest BCUT2D eigenvalue weighted by Gasteiger charge is 2.19. The maximum absolute atomic E-state index is 12.7. The average Bonchev–Trinajstić information content (AvgIpc) is 2.94. The van der Waals surface area contributed by atoms with Gasteiger partial charge in [0.15, 0.2) is 11.6 Å². The molecule has 188 valence electrons. The molecule has 1 heterocycles. The summed E-state index contributed by atoms with van der Waals surface area (Å²) in [5.74, 6) is 0.490. The Labute approximate surface area is 218 Å². The monoisotopic (exact) mass is 505 g/mol. The van der Waals surface area contributed by atoms with Crippen molar-refractivity contribution in [3.05, 3.63) is 112 Å². The van der Waals surface area contributed by atoms with Gasteiger partial charge >= 0.3 is 5.69 Å². The number of methoxy groups -OCH3 is 1. The van der Waals surface area contributed by atoms with Crippen LogP contribution in [0.5, 0.6) is 5.75 Å². The van der Waals surface area contributed by atoms with Gasteiger partial charge in [-0.05, 0) is 55.0 Å². The van der Waals surface area contributed by atoms with Crippen LogP contribution in [-0.4, -0.2) is 28.1 Å². The van der Waals surface area contributed by atoms with E-state index in [0.717, 1.165) is 27.7 Å². The van der Waals surface area contributed by atoms with E-state index in [1.807, 2.05) is 55.5 Å². The smallest absolute Gasteiger partial charge is 0.311 e. The Balaban J connectivity index is 1.42. The van der Waals surface area contributed by atoms with Gasteiger partial charge in [-0.3, -0.25) is 14.9 Å². The second-order valence-corrected chi connectivity index (χ2v) is 8.56. The summed E-state index contributed by atoms with van der Waals surface area (Å²) in [7, 11) is 1.39. The number of ether oxygens (including phenoxy) is 1. The molecule has 9 nitrogen and oxygen atoms in total. The molecule has 5 rings (SSSR count). The Morgan fingerprint density at radius 2 is 1.61 bits per heavy atom. The van der Waals surface area contributed by atoms with Crippen LogP contribution in [0.4, 0.5) is 22.9 Å². The van der Waals surface area contributed by atoms with E-state index in [2.05, 4.69) is 20.8 Å². The van der Waals surface area contributed by atoms with E-state index in [4.69, 9.17) is 4.74 Å². The quantitative estimate of drug-likeness (QED) is 0.191. The molecule has 5 aromatic rings. The first kappa shape index (κ1) is 24.4. The van der Waals surface area contributed by atoms with Gasteiger partial charge < -0.3 is 15.4 Å². The van der Waals surface area contributed by atoms with E-state index in [1.54, 1.807) is 36.4 Å². The number of hydrogen-bond acceptors (Lipinski definition) is 7. The number of carbonyl (C=O) groups is 1. The number of aryl methyl sites for hydroxylation is 1. The molecule has 0 saturated heterocycles. The Morgan fingerprint density at radius 1 is 0.895 bits per heavy atom. The topological polar surface area (TPSA) is 119 Å². The molecule has 0 atom stereocenters. The van der Waals surface area contributed by atoms with Crippen molar-refractivity contribution in [2.75, 3.05) is 17.7 Å². The molecule has 0 spiro atoms. The molecule has 2 N–H and O–H groups in total. The van der Waals surface area contributed by atoms with Gasteiger partial charge in [0.2, 0.25) is 0 Å². The second-order valence-electron chi connectivity index (χ2n) is 8.56. The minimum absolute atomic E-state index is 0.148. The molecule has 0 aliphatic heterocycles. The summed E-state index contributed by atoms with van der Waals surface area (Å²) in [6.07, 6.45) is 0. The number of nitrogens with one attached hydrogen (secondary N) is 2. The van der Waals surface area contributed by atoms with Gasteiger partial charge in [0, 0.05) is 39.3 Å². The average molecular weight is 506 g/mol. The highest BCUT2D eigenvalue weighted by atomic mass is 16.6. The number of carbonyl (C=O) groups excluding carboxylic acids is 1. The van der Waals surface area contributed by atoms with Crippen molar-refractivity contribution < 1.29 is 14.5 Å². The maximum atomic E-state index is 12.7. The summed E-state index contributed by atoms with van der Waals surface area (Å²) in [6, 6.07) is 26.9. The Kier molecular flexibility index (Phi) is 6.65. The third-order valence-corrected chi connectivity index (χ3v) is 6.14. The Bertz CT molecular complexity index is 1670. The molecule has 38 heavy (non-hydrogen) atoms. The van der Waals surface area contributed by atoms with Crippen LogP contribution in [0.3, 0.4) is 0 Å². The van der Waals surface area contributed by atoms with Gasteiger partial charge in [-0.15, -0.1) is 10.2 Å². The zero-order valence-corrected chi connectivity index (χ0v) is 20.6. The molecule has 0 aliphatic rings. The van der Waals surface area contributed by atoms with E-state index in [-0.39, 0.29) is 17.3 Å². The normalized spacial score (nSPS) is 10.7. The number of anilines is 3. The van der Waals surface area contributed by atoms with Gasteiger partial charge in [-0.25, -0.2) is 0 Å². The number of para-hydroxylation sites is 1. The zero-order valence-electron chi connectivity index (χ0n) is 20.6. The molecule has 4 aromatic carbocycles. The summed E-state index contributed by atoms with van der Waals surface area (Å²) >= 11 is 0. The van der Waals surface area contributed by atoms with Gasteiger partial charge in [-0.2, -0.15) is 0 Å². The van der Waals surface area contributed by atoms with E-state index in [1.165, 1.54) is 13.2 Å². The van der Waals surface area contributed by atoms with Gasteiger partial charge in [0.05, 0.1) is 12.0 Å². The van der Waals surface area contributed by atoms with Crippen LogP contribution >= 0.6 is 0 Å². The fourth-order valence-corrected chi connectivity index (χ4v) is 4.14. The van der Waals surface area contributed by atoms with Crippen molar-refractivity contribution >= 4 is 39.6 Å². The van der Waals surface area contributed by atoms with E-state index in [9.17, 15) is 14.9 Å². The van der Waals surface area contributed by atoms with Crippen molar-refractivity contribution in [3.63, 3.8) is 0 Å². The summed E-state index contributed by atoms with van der Waals surface area (Å²) in [6.45, 7) is 1.94. The molecular weight excluding hydrogens is 482 g/mol. The predicted molar refractivity (Wildman–Crippen MR) is 147 cm³/mol. The van der Waals surface area contributed by atoms with Crippen molar-refractivity contribution in [2.24, 2.45) is 0 Å². The van der Waals surface area contributed by atoms with Crippen molar-refractivity contribution in [1.82, 2.24) is 10.2 Å². The van der Waals surface area contributed by atoms with Crippen LogP contribution in [0.2, 0.25) is 0 Å². The number of rotatable bonds is 7. The number of aromatic nitrogens is 2. The number of amides is 1. The Morgan fingerprint density at radius 3 is 2.32 bits per heavy atom. The molecule has 0 unspecified atom stereocenters. The molecule has 0 aliphatic carbocycles. The lowest BCUT2D eigenvalue weighted by atomic mass is 10.0. The molecule has 1 aromatic heterocycles. The third kappa shape index (κ3) is 4.85. The molecule has 0 radical (unpaired) electrons. The van der Waals surface area contributed by atoms with Crippen molar-refractivity contribution in [2.45, 2.75) is 6.92 Å². The fraction of sp³-hybridized carbons (Fsp3) is 0.0690. The minimum Gasteiger partial charge on any atom is -0.490 e. The van der Waals surface area contributed by atoms with Crippen molar-refractivity contribution in [1.29, 1.82) is 0 Å². The molecule has 1 amide bonds. The van der Waals surface area contributed by atoms with E-state index in [0.29, 0.717) is 22.6 Å². The van der Waals surface area contributed by atoms with Gasteiger partial charge in [0.25, 0.3) is 5.91 Å². The largest absolute Gasteiger partial charge is 0.490 e. The third-order valence-electron chi connectivity index (χ3n) is 6.14. The first-order valence-electron chi connectivity index (χ1n) is 11.8. The van der Waals surface area contributed by atoms with Gasteiger partial charge in [0.1, 0.15) is 5.69 Å². The molecule has 9 heteroatoms. The first-order chi connectivity index (χ1) is 18.4. The number of fused-ring (bicyclic) bond motifs is 1. The lowest BCUT2D eigenvalue weighted by molar-refractivity contribution is -0.385. The minimum atomic E-state index is -0.487. The lowest BCUT2D eigenvalue weighted by Crippen LogP contribution is -2.12. The predicted octanol–water partition coefficient (Wildman–Crippen LogP) is 6.52. The number of hydrogen-bond donors (Lipinski definition) is 2. The summed E-state index contributed by atoms with van der Waals surface area (Å²) in [5.41, 5.74) is 3.92. The number of nitrogens with zero attached hydrogens (tertiary/aromatic N) is 3. The molecular formula is C29H23N5O4. The van der Waals surface area contributed by atoms with Gasteiger partial charge in [-0.1, -0.05) is 42.5 Å². The molecule has 0 bridgehead atoms. The van der Waals surface area contributed by atoms with E-state index < -0.39 is 4.92 Å². The van der Waals surface area contributed by atoms with Crippen LogP contribution < -0.4 is 15.4 Å². The first-order valence-corrected chi connectivity index (χ1v) is 11.8. The van der Waals surface area contributed by atoms with Crippen LogP contribution in [0, 0.1) is 17.0 Å². The lowest BCUT2D eigenvalue weighted by Gasteiger charge is -2.12. The highest BCUT2D eigenvalue weighted by Crippen LogP contribution is 2.35. The number of nitro groups is 1. The van der Waals surface area contributed by atoms with Crippen LogP contribution in [-0.2, 0) is 0 Å². The van der Waals surface area contributed by atoms with Crippen LogP contribution in [0.15, 0.2) is 91.0 Å². The standard InChI is InChI=1S/C29H23N5O4/c1-18-7-3-6-10-24(18)31-29(35)19-11-14-21(15-12-19)30-28-23-9-5-4-8-22(23)27(32-33-28)20-13-16-26(38-2)25(17-20)34(36)37/h3-17H,1-2H3,(H,30,33)(H,31,35). The second kappa shape index (κ2) is 10.4. The zero-order chi connectivity index (χ0) is 26.6. The summed E-state index contributed by atoms with van der Waals surface area (Å²) < 4.78 is 5.12. The van der Waals surface area contributed by atoms with Crippen LogP contribution in [0.1, 0.15) is 15.9 Å². The number of benzene rings is 4. The fourth-order valence-electron chi connectivity index (χ4n) is 4.14. The van der Waals surface area contributed by atoms with Crippen LogP contribution in [0.25, 0.3) is 22.0 Å². The highest BCUT2D eigenvalue weighted by molar-refractivity contribution is 6.05.